The molecule has 0 heterocycles. The van der Waals surface area contributed by atoms with Crippen molar-refractivity contribution in [2.24, 2.45) is 0 Å². The molecule has 0 unspecified atom stereocenters. The predicted octanol–water partition coefficient (Wildman–Crippen LogP) is 3.24. The summed E-state index contributed by atoms with van der Waals surface area (Å²) >= 11 is 0. The molecule has 1 aromatic carbocycles. The van der Waals surface area contributed by atoms with Crippen LogP contribution in [0.2, 0.25) is 0 Å². The molecular formula is C20H35NaO6S. The van der Waals surface area contributed by atoms with Gasteiger partial charge in [-0.05, 0) is 24.5 Å². The van der Waals surface area contributed by atoms with E-state index in [2.05, 4.69) is 13.0 Å². The third-order valence-corrected chi connectivity index (χ3v) is 4.80. The van der Waals surface area contributed by atoms with Gasteiger partial charge < -0.3 is 14.2 Å². The summed E-state index contributed by atoms with van der Waals surface area (Å²) in [7, 11) is -3.96. The fraction of sp³-hybridized carbons (Fsp3) is 0.700. The molecule has 0 aromatic heterocycles. The van der Waals surface area contributed by atoms with Gasteiger partial charge in [0, 0.05) is 0 Å². The number of hydrogen-bond acceptors (Lipinski definition) is 5. The molecule has 1 aromatic rings. The van der Waals surface area contributed by atoms with Gasteiger partial charge >= 0.3 is 29.6 Å². The van der Waals surface area contributed by atoms with E-state index in [-0.39, 0.29) is 42.8 Å². The van der Waals surface area contributed by atoms with Crippen LogP contribution >= 0.6 is 0 Å². The van der Waals surface area contributed by atoms with Gasteiger partial charge in [0.05, 0.1) is 32.2 Å². The topological polar surface area (TPSA) is 82.1 Å². The van der Waals surface area contributed by atoms with Gasteiger partial charge in [0.15, 0.2) is 0 Å². The molecule has 158 valence electrons. The molecule has 0 amide bonds. The summed E-state index contributed by atoms with van der Waals surface area (Å²) in [5.74, 6) is 0.518. The molecule has 8 heteroatoms. The van der Waals surface area contributed by atoms with Crippen LogP contribution in [0.1, 0.15) is 51.0 Å². The Labute approximate surface area is 192 Å². The Morgan fingerprint density at radius 3 is 2.18 bits per heavy atom. The van der Waals surface area contributed by atoms with E-state index in [9.17, 15) is 8.42 Å². The average Bonchev–Trinajstić information content (AvgIpc) is 2.63. The third-order valence-electron chi connectivity index (χ3n) is 4.12. The van der Waals surface area contributed by atoms with Crippen molar-refractivity contribution in [2.75, 3.05) is 38.8 Å². The number of unbranched alkanes of at least 4 members (excludes halogenated alkanes) is 5. The van der Waals surface area contributed by atoms with Crippen LogP contribution in [-0.4, -0.2) is 81.3 Å². The molecule has 1 N–H and O–H groups in total. The van der Waals surface area contributed by atoms with Crippen molar-refractivity contribution < 1.29 is 27.2 Å². The summed E-state index contributed by atoms with van der Waals surface area (Å²) in [4.78, 5) is 0. The average molecular weight is 427 g/mol. The normalized spacial score (nSPS) is 11.2. The molecule has 0 saturated heterocycles. The predicted molar refractivity (Wildman–Crippen MR) is 114 cm³/mol. The summed E-state index contributed by atoms with van der Waals surface area (Å²) in [6.07, 6.45) is 8.70. The molecule has 1 rings (SSSR count). The summed E-state index contributed by atoms with van der Waals surface area (Å²) in [6, 6.07) is 8.12. The molecular weight excluding hydrogens is 391 g/mol. The van der Waals surface area contributed by atoms with E-state index in [1.54, 1.807) is 0 Å². The molecule has 0 atom stereocenters. The first-order chi connectivity index (χ1) is 13.0. The van der Waals surface area contributed by atoms with Crippen molar-refractivity contribution in [2.45, 2.75) is 51.9 Å². The Balaban J connectivity index is 0.00000729. The monoisotopic (exact) mass is 426 g/mol. The molecule has 6 nitrogen and oxygen atoms in total. The Bertz CT molecular complexity index is 594. The van der Waals surface area contributed by atoms with Crippen LogP contribution in [-0.2, 0) is 26.0 Å². The summed E-state index contributed by atoms with van der Waals surface area (Å²) in [5, 5.41) is 0. The van der Waals surface area contributed by atoms with Crippen molar-refractivity contribution in [1.82, 2.24) is 0 Å². The van der Waals surface area contributed by atoms with Crippen molar-refractivity contribution in [3.05, 3.63) is 29.8 Å². The second-order valence-electron chi connectivity index (χ2n) is 6.48. The molecule has 0 saturated carbocycles. The SMILES string of the molecule is CCCCCCCCc1ccccc1OCCOCCOCCS(=O)(=O)O.[NaH]. The first-order valence-corrected chi connectivity index (χ1v) is 11.4. The van der Waals surface area contributed by atoms with Gasteiger partial charge in [-0.3, -0.25) is 4.55 Å². The zero-order valence-electron chi connectivity index (χ0n) is 16.4. The van der Waals surface area contributed by atoms with E-state index in [1.165, 1.54) is 44.1 Å². The number of hydrogen-bond donors (Lipinski definition) is 1. The summed E-state index contributed by atoms with van der Waals surface area (Å²) < 4.78 is 45.9. The quantitative estimate of drug-likeness (QED) is 0.234. The van der Waals surface area contributed by atoms with E-state index in [1.807, 2.05) is 18.2 Å². The Morgan fingerprint density at radius 1 is 0.857 bits per heavy atom. The minimum atomic E-state index is -3.96. The second kappa shape index (κ2) is 17.7. The minimum absolute atomic E-state index is 0. The van der Waals surface area contributed by atoms with Crippen LogP contribution in [0, 0.1) is 0 Å². The number of rotatable bonds is 17. The Kier molecular flexibility index (Phi) is 17.6. The van der Waals surface area contributed by atoms with Gasteiger partial charge in [-0.15, -0.1) is 0 Å². The number of ether oxygens (including phenoxy) is 3. The maximum absolute atomic E-state index is 10.5. The fourth-order valence-electron chi connectivity index (χ4n) is 2.64. The van der Waals surface area contributed by atoms with Crippen LogP contribution < -0.4 is 4.74 Å². The number of para-hydroxylation sites is 1. The van der Waals surface area contributed by atoms with E-state index >= 15 is 0 Å². The summed E-state index contributed by atoms with van der Waals surface area (Å²) in [5.41, 5.74) is 1.24. The number of aryl methyl sites for hydroxylation is 1. The van der Waals surface area contributed by atoms with Gasteiger partial charge in [0.25, 0.3) is 10.1 Å². The molecule has 0 aliphatic heterocycles. The van der Waals surface area contributed by atoms with Crippen LogP contribution in [0.5, 0.6) is 5.75 Å². The second-order valence-corrected chi connectivity index (χ2v) is 8.06. The van der Waals surface area contributed by atoms with Crippen molar-refractivity contribution in [3.8, 4) is 5.75 Å². The first kappa shape index (κ1) is 27.8. The van der Waals surface area contributed by atoms with Gasteiger partial charge in [0.1, 0.15) is 12.4 Å². The zero-order valence-corrected chi connectivity index (χ0v) is 17.2. The van der Waals surface area contributed by atoms with Crippen molar-refractivity contribution in [1.29, 1.82) is 0 Å². The van der Waals surface area contributed by atoms with Gasteiger partial charge in [-0.1, -0.05) is 57.2 Å². The van der Waals surface area contributed by atoms with Gasteiger partial charge in [-0.2, -0.15) is 8.42 Å². The molecule has 0 spiro atoms. The van der Waals surface area contributed by atoms with E-state index < -0.39 is 15.9 Å². The van der Waals surface area contributed by atoms with Crippen molar-refractivity contribution in [3.63, 3.8) is 0 Å². The standard InChI is InChI=1S/C20H34O6S.Na.H/c1-2-3-4-5-6-7-10-19-11-8-9-12-20(19)26-16-15-24-13-14-25-17-18-27(21,22)23;;/h8-9,11-12H,2-7,10,13-18H2,1H3,(H,21,22,23);;. The van der Waals surface area contributed by atoms with Crippen LogP contribution in [0.4, 0.5) is 0 Å². The Hall–Kier alpha value is -0.150. The third kappa shape index (κ3) is 15.7. The fourth-order valence-corrected chi connectivity index (χ4v) is 2.97. The number of benzene rings is 1. The Morgan fingerprint density at radius 2 is 1.46 bits per heavy atom. The molecule has 0 aliphatic carbocycles. The van der Waals surface area contributed by atoms with Crippen LogP contribution in [0.25, 0.3) is 0 Å². The molecule has 0 fully saturated rings. The van der Waals surface area contributed by atoms with Gasteiger partial charge in [0.2, 0.25) is 0 Å². The molecule has 0 bridgehead atoms. The summed E-state index contributed by atoms with van der Waals surface area (Å²) in [6.45, 7) is 3.72. The maximum atomic E-state index is 10.5. The molecule has 0 radical (unpaired) electrons. The van der Waals surface area contributed by atoms with Gasteiger partial charge in [-0.25, -0.2) is 0 Å². The zero-order chi connectivity index (χ0) is 19.8. The van der Waals surface area contributed by atoms with Crippen LogP contribution in [0.15, 0.2) is 24.3 Å². The van der Waals surface area contributed by atoms with E-state index in [0.29, 0.717) is 19.8 Å². The van der Waals surface area contributed by atoms with E-state index in [4.69, 9.17) is 18.8 Å². The molecule has 0 aliphatic rings. The van der Waals surface area contributed by atoms with Crippen LogP contribution in [0.3, 0.4) is 0 Å². The molecule has 28 heavy (non-hydrogen) atoms. The van der Waals surface area contributed by atoms with Crippen molar-refractivity contribution >= 4 is 39.7 Å². The first-order valence-electron chi connectivity index (χ1n) is 9.84. The van der Waals surface area contributed by atoms with E-state index in [0.717, 1.165) is 12.2 Å².